The van der Waals surface area contributed by atoms with Crippen molar-refractivity contribution in [2.24, 2.45) is 7.05 Å². The molecule has 2 heterocycles. The van der Waals surface area contributed by atoms with Crippen LogP contribution in [0, 0.1) is 11.6 Å². The van der Waals surface area contributed by atoms with Gasteiger partial charge in [-0.25, -0.2) is 13.8 Å². The molecule has 2 aromatic carbocycles. The van der Waals surface area contributed by atoms with Crippen LogP contribution in [0.3, 0.4) is 0 Å². The van der Waals surface area contributed by atoms with Gasteiger partial charge in [-0.2, -0.15) is 0 Å². The molecule has 4 rings (SSSR count). The zero-order chi connectivity index (χ0) is 21.4. The SMILES string of the molecule is Cn1cc(-c2cc(C[S+](C)[O-])ccc2Oc2ccc(F)cc2F)n2cncc2c1=O. The molecule has 0 spiro atoms. The van der Waals surface area contributed by atoms with Crippen molar-refractivity contribution < 1.29 is 18.1 Å². The summed E-state index contributed by atoms with van der Waals surface area (Å²) in [6.45, 7) is 0. The van der Waals surface area contributed by atoms with Crippen molar-refractivity contribution in [3.63, 3.8) is 0 Å². The molecule has 0 aliphatic heterocycles. The summed E-state index contributed by atoms with van der Waals surface area (Å²) in [7, 11) is 1.62. The van der Waals surface area contributed by atoms with Crippen molar-refractivity contribution >= 4 is 16.7 Å². The predicted molar refractivity (Wildman–Crippen MR) is 110 cm³/mol. The molecule has 0 saturated carbocycles. The first-order valence-corrected chi connectivity index (χ1v) is 10.6. The van der Waals surface area contributed by atoms with E-state index >= 15 is 0 Å². The molecule has 2 aromatic heterocycles. The second-order valence-corrected chi connectivity index (χ2v) is 8.24. The van der Waals surface area contributed by atoms with E-state index in [4.69, 9.17) is 4.74 Å². The number of ether oxygens (including phenoxy) is 1. The van der Waals surface area contributed by atoms with Crippen LogP contribution in [-0.2, 0) is 24.0 Å². The van der Waals surface area contributed by atoms with E-state index in [0.717, 1.165) is 17.7 Å². The van der Waals surface area contributed by atoms with E-state index in [1.54, 1.807) is 42.1 Å². The van der Waals surface area contributed by atoms with Gasteiger partial charge >= 0.3 is 0 Å². The first-order valence-electron chi connectivity index (χ1n) is 8.91. The first kappa shape index (κ1) is 20.1. The van der Waals surface area contributed by atoms with Gasteiger partial charge in [0.15, 0.2) is 11.6 Å². The summed E-state index contributed by atoms with van der Waals surface area (Å²) < 4.78 is 47.9. The Morgan fingerprint density at radius 3 is 2.67 bits per heavy atom. The van der Waals surface area contributed by atoms with Gasteiger partial charge in [0.05, 0.1) is 24.5 Å². The highest BCUT2D eigenvalue weighted by Gasteiger charge is 2.17. The molecule has 1 atom stereocenters. The van der Waals surface area contributed by atoms with E-state index in [9.17, 15) is 18.1 Å². The zero-order valence-corrected chi connectivity index (χ0v) is 17.0. The summed E-state index contributed by atoms with van der Waals surface area (Å²) in [5.74, 6) is -1.08. The number of hydrogen-bond acceptors (Lipinski definition) is 4. The highest BCUT2D eigenvalue weighted by molar-refractivity contribution is 7.89. The summed E-state index contributed by atoms with van der Waals surface area (Å²) in [6, 6.07) is 8.19. The molecule has 1 unspecified atom stereocenters. The molecule has 4 aromatic rings. The molecular weight excluding hydrogens is 412 g/mol. The maximum Gasteiger partial charge on any atom is 0.276 e. The van der Waals surface area contributed by atoms with Gasteiger partial charge in [-0.3, -0.25) is 9.20 Å². The minimum atomic E-state index is -1.08. The third kappa shape index (κ3) is 3.81. The molecule has 0 aliphatic rings. The van der Waals surface area contributed by atoms with Crippen molar-refractivity contribution in [2.45, 2.75) is 5.75 Å². The highest BCUT2D eigenvalue weighted by Crippen LogP contribution is 2.35. The Labute approximate surface area is 173 Å². The largest absolute Gasteiger partial charge is 0.616 e. The highest BCUT2D eigenvalue weighted by atomic mass is 32.2. The van der Waals surface area contributed by atoms with Crippen LogP contribution < -0.4 is 10.3 Å². The van der Waals surface area contributed by atoms with Crippen LogP contribution in [0.2, 0.25) is 0 Å². The molecule has 6 nitrogen and oxygen atoms in total. The number of aromatic nitrogens is 3. The molecule has 30 heavy (non-hydrogen) atoms. The van der Waals surface area contributed by atoms with E-state index in [0.29, 0.717) is 28.3 Å². The third-order valence-electron chi connectivity index (χ3n) is 4.56. The fourth-order valence-electron chi connectivity index (χ4n) is 3.20. The number of fused-ring (bicyclic) bond motifs is 1. The fourth-order valence-corrected chi connectivity index (χ4v) is 3.85. The van der Waals surface area contributed by atoms with Gasteiger partial charge in [-0.05, 0) is 24.3 Å². The summed E-state index contributed by atoms with van der Waals surface area (Å²) in [5, 5.41) is 0. The maximum absolute atomic E-state index is 14.2. The van der Waals surface area contributed by atoms with Gasteiger partial charge in [0.1, 0.15) is 22.8 Å². The smallest absolute Gasteiger partial charge is 0.276 e. The molecule has 0 fully saturated rings. The first-order chi connectivity index (χ1) is 14.3. The Kier molecular flexibility index (Phi) is 5.31. The van der Waals surface area contributed by atoms with Crippen molar-refractivity contribution in [3.05, 3.63) is 82.7 Å². The maximum atomic E-state index is 14.2. The van der Waals surface area contributed by atoms with Crippen molar-refractivity contribution in [1.29, 1.82) is 0 Å². The summed E-state index contributed by atoms with van der Waals surface area (Å²) in [5.41, 5.74) is 2.03. The third-order valence-corrected chi connectivity index (χ3v) is 5.30. The zero-order valence-electron chi connectivity index (χ0n) is 16.1. The van der Waals surface area contributed by atoms with Crippen LogP contribution in [0.1, 0.15) is 5.56 Å². The predicted octanol–water partition coefficient (Wildman–Crippen LogP) is 3.65. The molecule has 154 valence electrons. The van der Waals surface area contributed by atoms with Gasteiger partial charge in [0, 0.05) is 30.4 Å². The Morgan fingerprint density at radius 2 is 1.93 bits per heavy atom. The van der Waals surface area contributed by atoms with Crippen LogP contribution in [0.4, 0.5) is 8.78 Å². The second kappa shape index (κ2) is 7.92. The Morgan fingerprint density at radius 1 is 1.17 bits per heavy atom. The number of benzene rings is 2. The monoisotopic (exact) mass is 429 g/mol. The quantitative estimate of drug-likeness (QED) is 0.454. The summed E-state index contributed by atoms with van der Waals surface area (Å²) in [6.07, 6.45) is 6.17. The minimum Gasteiger partial charge on any atom is -0.616 e. The van der Waals surface area contributed by atoms with Crippen LogP contribution in [0.15, 0.2) is 59.9 Å². The second-order valence-electron chi connectivity index (χ2n) is 6.80. The lowest BCUT2D eigenvalue weighted by Gasteiger charge is -2.16. The van der Waals surface area contributed by atoms with Crippen LogP contribution >= 0.6 is 0 Å². The Hall–Kier alpha value is -3.17. The number of imidazole rings is 1. The fraction of sp³-hybridized carbons (Fsp3) is 0.143. The van der Waals surface area contributed by atoms with Gasteiger partial charge in [-0.1, -0.05) is 17.2 Å². The van der Waals surface area contributed by atoms with Crippen LogP contribution in [0.5, 0.6) is 11.5 Å². The Balaban J connectivity index is 1.91. The topological polar surface area (TPSA) is 71.6 Å². The lowest BCUT2D eigenvalue weighted by molar-refractivity contribution is 0.438. The molecular formula is C21H17F2N3O3S. The van der Waals surface area contributed by atoms with Gasteiger partial charge in [0.2, 0.25) is 0 Å². The molecule has 0 bridgehead atoms. The van der Waals surface area contributed by atoms with E-state index in [1.807, 2.05) is 0 Å². The van der Waals surface area contributed by atoms with Crippen molar-refractivity contribution in [2.75, 3.05) is 6.26 Å². The number of rotatable bonds is 5. The van der Waals surface area contributed by atoms with E-state index in [-0.39, 0.29) is 11.3 Å². The summed E-state index contributed by atoms with van der Waals surface area (Å²) >= 11 is -1.08. The molecule has 0 amide bonds. The van der Waals surface area contributed by atoms with E-state index in [1.165, 1.54) is 23.2 Å². The number of halogens is 2. The lowest BCUT2D eigenvalue weighted by Crippen LogP contribution is -2.19. The number of aryl methyl sites for hydroxylation is 1. The van der Waals surface area contributed by atoms with Crippen LogP contribution in [0.25, 0.3) is 16.8 Å². The van der Waals surface area contributed by atoms with E-state index < -0.39 is 22.8 Å². The Bertz CT molecular complexity index is 1300. The average molecular weight is 429 g/mol. The molecule has 9 heteroatoms. The van der Waals surface area contributed by atoms with Crippen molar-refractivity contribution in [3.8, 4) is 22.8 Å². The number of hydrogen-bond donors (Lipinski definition) is 0. The molecule has 0 N–H and O–H groups in total. The van der Waals surface area contributed by atoms with E-state index in [2.05, 4.69) is 4.98 Å². The van der Waals surface area contributed by atoms with Gasteiger partial charge in [-0.15, -0.1) is 0 Å². The standard InChI is InChI=1S/C21H17F2N3O3S/c1-25-10-18(26-12-24-9-17(26)21(25)27)15-7-13(11-30(2)28)3-5-19(15)29-20-6-4-14(22)8-16(20)23/h3-10,12H,11H2,1-2H3. The van der Waals surface area contributed by atoms with Crippen molar-refractivity contribution in [1.82, 2.24) is 14.0 Å². The molecule has 0 saturated heterocycles. The number of nitrogens with zero attached hydrogens (tertiary/aromatic N) is 3. The molecule has 0 radical (unpaired) electrons. The lowest BCUT2D eigenvalue weighted by atomic mass is 10.1. The summed E-state index contributed by atoms with van der Waals surface area (Å²) in [4.78, 5) is 16.4. The van der Waals surface area contributed by atoms with Gasteiger partial charge < -0.3 is 13.9 Å². The van der Waals surface area contributed by atoms with Crippen LogP contribution in [-0.4, -0.2) is 24.8 Å². The van der Waals surface area contributed by atoms with Gasteiger partial charge in [0.25, 0.3) is 5.56 Å². The molecule has 0 aliphatic carbocycles. The minimum absolute atomic E-state index is 0.142. The normalized spacial score (nSPS) is 12.3. The average Bonchev–Trinajstić information content (AvgIpc) is 3.18.